The van der Waals surface area contributed by atoms with Gasteiger partial charge in [0.15, 0.2) is 11.9 Å². The zero-order valence-electron chi connectivity index (χ0n) is 86.3. The number of hydrogen-bond acceptors (Lipinski definition) is 29. The van der Waals surface area contributed by atoms with Gasteiger partial charge in [-0.05, 0) is 157 Å². The van der Waals surface area contributed by atoms with Crippen molar-refractivity contribution in [1.82, 2.24) is 116 Å². The number of H-pyrrole nitrogens is 1. The number of aromatic nitrogens is 2. The Kier molecular flexibility index (Phi) is 57.4. The first kappa shape index (κ1) is 129. The number of guanidine groups is 2. The van der Waals surface area contributed by atoms with Crippen LogP contribution >= 0.6 is 11.8 Å². The van der Waals surface area contributed by atoms with Crippen molar-refractivity contribution in [2.75, 3.05) is 51.3 Å². The standard InChI is InChI=1S/C93H154N30O25S/c1-13-48(7)73(88(145)115-56(20-15-16-31-94)80(137)117-62(37-47(5)6)78(135)106-44-71(130)110-61(36-46(3)4)77(134)105-43-70(97)129)121-83(140)60(30-35-149-12)113-79(136)57(21-17-32-103-92(98)99)111-85(142)63(38-53-24-26-55(126)27-25-53)118-89(146)74(49(8)14-2)120-81(138)58(22-18-33-104-93(100)101)112-86(143)65(40-69(96)128)116-76(133)50(9)108-84(141)64(39-54-42-102-45-107-54)119-90(147)75(51(10)124)122-82(139)59(28-29-68(95)127)114-87(144)67-23-19-34-123(67)91(148)66(41-72(131)132)109-52(11)125/h24-27,42,45-51,56-67,73-75,124,126H,13-23,28-41,43-44,94H2,1-12H3,(H2,95,127)(H2,96,128)(H2,97,129)(H,102,107)(H,105,134)(H,106,135)(H,108,141)(H,109,125)(H,110,130)(H,111,142)(H,112,143)(H,113,136)(H,114,144)(H,115,145)(H,116,133)(H,117,137)(H,118,146)(H,119,147)(H,120,138)(H,121,140)(H,122,139)(H,131,132)(H4,98,99,103)(H4,100,101,104)/t48-,49-,50-,51+,56-,57-,58-,59-,60-,61-,62-,63-,64-,65-,66-,67-,73-,74-,75-/m0/s1. The number of likely N-dealkylation sites (tertiary alicyclic amines) is 1. The van der Waals surface area contributed by atoms with Gasteiger partial charge in [0.05, 0.1) is 38.4 Å². The molecule has 55 nitrogen and oxygen atoms in total. The van der Waals surface area contributed by atoms with E-state index < -0.39 is 302 Å². The molecule has 0 unspecified atom stereocenters. The molecule has 1 saturated heterocycles. The average Bonchev–Trinajstić information content (AvgIpc) is 1.72. The van der Waals surface area contributed by atoms with Gasteiger partial charge < -0.3 is 161 Å². The summed E-state index contributed by atoms with van der Waals surface area (Å²) >= 11 is 1.29. The van der Waals surface area contributed by atoms with E-state index in [0.717, 1.165) is 25.7 Å². The van der Waals surface area contributed by atoms with Crippen LogP contribution in [-0.2, 0) is 118 Å². The number of phenols is 1. The van der Waals surface area contributed by atoms with Gasteiger partial charge in [-0.25, -0.2) is 4.98 Å². The Hall–Kier alpha value is -14.6. The number of aliphatic carboxylic acids is 1. The Labute approximate surface area is 867 Å². The van der Waals surface area contributed by atoms with Crippen molar-refractivity contribution in [2.24, 2.45) is 58.1 Å². The Morgan fingerprint density at radius 2 is 0.899 bits per heavy atom. The van der Waals surface area contributed by atoms with Gasteiger partial charge in [-0.15, -0.1) is 0 Å². The SMILES string of the molecule is CC[C@H](C)[C@H](NC(=O)[C@H](CCCNC(=N)N)NC(=O)[C@H](CC(N)=O)NC(=O)[C@H](C)NC(=O)[C@H](Cc1cnc[nH]1)NC(=O)[C@@H](NC(=O)[C@H](CCC(N)=O)NC(=O)[C@@H]1CCCN1C(=O)[C@H](CC(=O)O)NC(C)=O)[C@@H](C)O)C(=O)N[C@@H](Cc1ccc(O)cc1)C(=O)N[C@@H](CCCNC(=N)N)C(=O)N[C@@H](CCSC)C(=O)N[C@H](C(=O)N[C@@H](CCCCN)C(=O)N[C@@H](CC(C)C)C(=O)NCC(=O)N[C@@H](CC(C)C)C(=O)NCC(N)=O)[C@@H](C)CC. The summed E-state index contributed by atoms with van der Waals surface area (Å²) in [5, 5.41) is 94.6. The number of aromatic hydroxyl groups is 1. The second-order valence-corrected chi connectivity index (χ2v) is 38.4. The molecule has 56 heteroatoms. The highest BCUT2D eigenvalue weighted by Gasteiger charge is 2.44. The van der Waals surface area contributed by atoms with Gasteiger partial charge in [-0.1, -0.05) is 80.4 Å². The summed E-state index contributed by atoms with van der Waals surface area (Å²) in [5.41, 5.74) is 33.8. The minimum Gasteiger partial charge on any atom is -0.508 e. The number of nitrogens with one attached hydrogen (secondary N) is 22. The Bertz CT molecular complexity index is 4870. The van der Waals surface area contributed by atoms with E-state index in [1.54, 1.807) is 61.6 Å². The normalized spacial score (nSPS) is 15.8. The lowest BCUT2D eigenvalue weighted by atomic mass is 9.96. The third-order valence-electron chi connectivity index (χ3n) is 23.9. The maximum Gasteiger partial charge on any atom is 0.305 e. The lowest BCUT2D eigenvalue weighted by Crippen LogP contribution is -2.62. The lowest BCUT2D eigenvalue weighted by Gasteiger charge is -2.30. The first-order valence-electron chi connectivity index (χ1n) is 49.4. The van der Waals surface area contributed by atoms with Crippen LogP contribution in [0.3, 0.4) is 0 Å². The summed E-state index contributed by atoms with van der Waals surface area (Å²) in [6.45, 7) is 15.8. The molecule has 1 aromatic carbocycles. The molecule has 0 saturated carbocycles. The Balaban J connectivity index is 2.03. The number of carbonyl (C=O) groups is 22. The van der Waals surface area contributed by atoms with Gasteiger partial charge in [0.1, 0.15) is 102 Å². The fourth-order valence-corrected chi connectivity index (χ4v) is 16.0. The molecule has 832 valence electrons. The van der Waals surface area contributed by atoms with E-state index in [-0.39, 0.29) is 139 Å². The molecule has 0 spiro atoms. The number of rotatable bonds is 70. The third kappa shape index (κ3) is 48.3. The fraction of sp³-hybridized carbons (Fsp3) is 0.645. The number of primary amides is 3. The number of aliphatic hydroxyl groups excluding tert-OH is 1. The van der Waals surface area contributed by atoms with Crippen LogP contribution in [0, 0.1) is 34.5 Å². The summed E-state index contributed by atoms with van der Waals surface area (Å²) in [7, 11) is 0. The molecule has 0 bridgehead atoms. The molecule has 1 aromatic heterocycles. The van der Waals surface area contributed by atoms with Gasteiger partial charge in [-0.3, -0.25) is 116 Å². The number of carboxylic acids is 1. The molecule has 1 fully saturated rings. The van der Waals surface area contributed by atoms with Gasteiger partial charge >= 0.3 is 5.97 Å². The summed E-state index contributed by atoms with van der Waals surface area (Å²) in [6, 6.07) is -19.8. The maximum atomic E-state index is 15.3. The molecule has 1 aliphatic rings. The summed E-state index contributed by atoms with van der Waals surface area (Å²) < 4.78 is 0. The van der Waals surface area contributed by atoms with Crippen LogP contribution in [0.4, 0.5) is 0 Å². The molecule has 149 heavy (non-hydrogen) atoms. The summed E-state index contributed by atoms with van der Waals surface area (Å²) in [5.74, 6) is -24.8. The van der Waals surface area contributed by atoms with E-state index in [1.165, 1.54) is 48.6 Å². The van der Waals surface area contributed by atoms with E-state index in [4.69, 9.17) is 45.2 Å². The zero-order chi connectivity index (χ0) is 112. The van der Waals surface area contributed by atoms with Crippen LogP contribution in [0.5, 0.6) is 5.75 Å². The fourth-order valence-electron chi connectivity index (χ4n) is 15.5. The molecular weight excluding hydrogens is 1970 g/mol. The molecular formula is C93H154N30O25S. The van der Waals surface area contributed by atoms with Crippen LogP contribution in [0.2, 0.25) is 0 Å². The molecule has 2 aromatic rings. The monoisotopic (exact) mass is 2120 g/mol. The van der Waals surface area contributed by atoms with Crippen LogP contribution in [0.25, 0.3) is 0 Å². The number of benzene rings is 1. The largest absolute Gasteiger partial charge is 0.508 e. The molecule has 0 aliphatic carbocycles. The number of phenolic OH excluding ortho intramolecular Hbond substituents is 1. The minimum absolute atomic E-state index is 0.00534. The van der Waals surface area contributed by atoms with E-state index in [2.05, 4.69) is 111 Å². The molecule has 21 amide bonds. The lowest BCUT2D eigenvalue weighted by molar-refractivity contribution is -0.146. The predicted molar refractivity (Wildman–Crippen MR) is 543 cm³/mol. The second-order valence-electron chi connectivity index (χ2n) is 37.4. The number of carboxylic acid groups (broad SMARTS) is 1. The number of carbonyl (C=O) groups excluding carboxylic acids is 21. The number of aromatic amines is 1. The number of thioether (sulfide) groups is 1. The van der Waals surface area contributed by atoms with Crippen molar-refractivity contribution in [1.29, 1.82) is 10.8 Å². The van der Waals surface area contributed by atoms with E-state index in [0.29, 0.717) is 18.4 Å². The first-order valence-corrected chi connectivity index (χ1v) is 50.8. The van der Waals surface area contributed by atoms with Crippen molar-refractivity contribution >= 4 is 154 Å². The van der Waals surface area contributed by atoms with Crippen molar-refractivity contribution in [2.45, 2.75) is 307 Å². The summed E-state index contributed by atoms with van der Waals surface area (Å²) in [4.78, 5) is 312. The van der Waals surface area contributed by atoms with Crippen LogP contribution in [0.15, 0.2) is 36.8 Å². The highest BCUT2D eigenvalue weighted by atomic mass is 32.2. The molecule has 19 atom stereocenters. The number of unbranched alkanes of at least 4 members (excludes halogenated alkanes) is 1. The van der Waals surface area contributed by atoms with Crippen molar-refractivity contribution < 1.29 is 121 Å². The van der Waals surface area contributed by atoms with E-state index in [1.807, 2.05) is 0 Å². The molecule has 1 aliphatic heterocycles. The van der Waals surface area contributed by atoms with Gasteiger partial charge in [0.25, 0.3) is 0 Å². The predicted octanol–water partition coefficient (Wildman–Crippen LogP) is -8.49. The smallest absolute Gasteiger partial charge is 0.305 e. The van der Waals surface area contributed by atoms with Gasteiger partial charge in [-0.2, -0.15) is 11.8 Å². The van der Waals surface area contributed by atoms with Crippen LogP contribution in [0.1, 0.15) is 203 Å². The summed E-state index contributed by atoms with van der Waals surface area (Å²) in [6.07, 6.45) is -0.589. The van der Waals surface area contributed by atoms with Crippen LogP contribution < -0.4 is 135 Å². The third-order valence-corrected chi connectivity index (χ3v) is 24.5. The van der Waals surface area contributed by atoms with Gasteiger partial charge in [0, 0.05) is 57.7 Å². The van der Waals surface area contributed by atoms with E-state index >= 15 is 19.2 Å². The van der Waals surface area contributed by atoms with Gasteiger partial charge in [0.2, 0.25) is 124 Å². The number of imidazole rings is 1. The van der Waals surface area contributed by atoms with Crippen molar-refractivity contribution in [3.8, 4) is 5.75 Å². The minimum atomic E-state index is -1.98. The highest BCUT2D eigenvalue weighted by molar-refractivity contribution is 7.98. The zero-order valence-corrected chi connectivity index (χ0v) is 87.1. The van der Waals surface area contributed by atoms with Crippen molar-refractivity contribution in [3.05, 3.63) is 48.0 Å². The van der Waals surface area contributed by atoms with Crippen molar-refractivity contribution in [3.63, 3.8) is 0 Å². The second kappa shape index (κ2) is 66.6. The number of nitrogens with two attached hydrogens (primary N) is 6. The maximum absolute atomic E-state index is 15.3. The molecule has 37 N–H and O–H groups in total. The quantitative estimate of drug-likeness (QED) is 0.0166. The molecule has 2 heterocycles. The first-order chi connectivity index (χ1) is 70.1. The topological polar surface area (TPSA) is 901 Å². The number of aliphatic hydroxyl groups is 1. The molecule has 0 radical (unpaired) electrons. The number of amides is 21. The van der Waals surface area contributed by atoms with Crippen LogP contribution in [-0.4, -0.2) is 326 Å². The Morgan fingerprint density at radius 3 is 1.36 bits per heavy atom. The highest BCUT2D eigenvalue weighted by Crippen LogP contribution is 2.23. The average molecular weight is 2120 g/mol. The Morgan fingerprint density at radius 1 is 0.463 bits per heavy atom. The molecule has 3 rings (SSSR count). The number of hydrogen-bond donors (Lipinski definition) is 31. The number of nitrogens with zero attached hydrogens (tertiary/aromatic N) is 2. The van der Waals surface area contributed by atoms with E-state index in [9.17, 15) is 102 Å².